The molecule has 0 spiro atoms. The van der Waals surface area contributed by atoms with E-state index >= 15 is 0 Å². The number of dihydropyridines is 1. The van der Waals surface area contributed by atoms with Gasteiger partial charge in [-0.25, -0.2) is 14.4 Å². The van der Waals surface area contributed by atoms with Gasteiger partial charge in [-0.15, -0.1) is 0 Å². The highest BCUT2D eigenvalue weighted by atomic mass is 16.5. The van der Waals surface area contributed by atoms with Crippen molar-refractivity contribution in [1.29, 1.82) is 0 Å². The second kappa shape index (κ2) is 9.78. The lowest BCUT2D eigenvalue weighted by atomic mass is 9.80. The molecule has 0 bridgehead atoms. The van der Waals surface area contributed by atoms with Crippen molar-refractivity contribution in [1.82, 2.24) is 5.32 Å². The fourth-order valence-electron chi connectivity index (χ4n) is 3.68. The highest BCUT2D eigenvalue weighted by Crippen LogP contribution is 2.39. The predicted molar refractivity (Wildman–Crippen MR) is 119 cm³/mol. The number of aromatic carboxylic acids is 1. The molecule has 7 heteroatoms. The largest absolute Gasteiger partial charge is 0.478 e. The Morgan fingerprint density at radius 2 is 1.62 bits per heavy atom. The molecule has 0 radical (unpaired) electrons. The normalized spacial score (nSPS) is 16.1. The van der Waals surface area contributed by atoms with E-state index in [0.717, 1.165) is 5.56 Å². The van der Waals surface area contributed by atoms with Crippen LogP contribution in [0.3, 0.4) is 0 Å². The van der Waals surface area contributed by atoms with Gasteiger partial charge in [0.2, 0.25) is 0 Å². The molecular formula is C25H23NO6. The predicted octanol–water partition coefficient (Wildman–Crippen LogP) is 3.96. The van der Waals surface area contributed by atoms with Gasteiger partial charge in [0.1, 0.15) is 6.61 Å². The van der Waals surface area contributed by atoms with Crippen LogP contribution in [-0.4, -0.2) is 34.7 Å². The minimum absolute atomic E-state index is 0.000380. The van der Waals surface area contributed by atoms with Crippen molar-refractivity contribution in [2.24, 2.45) is 0 Å². The van der Waals surface area contributed by atoms with Crippen LogP contribution in [0.2, 0.25) is 0 Å². The number of carbonyl (C=O) groups is 3. The smallest absolute Gasteiger partial charge is 0.337 e. The number of allylic oxidation sites excluding steroid dienone is 2. The number of hydrogen-bond acceptors (Lipinski definition) is 5. The molecule has 164 valence electrons. The Kier molecular flexibility index (Phi) is 6.90. The van der Waals surface area contributed by atoms with Gasteiger partial charge in [0, 0.05) is 11.4 Å². The molecule has 0 aliphatic carbocycles. The summed E-state index contributed by atoms with van der Waals surface area (Å²) in [7, 11) is 0. The Labute approximate surface area is 185 Å². The number of nitrogens with one attached hydrogen (secondary N) is 1. The summed E-state index contributed by atoms with van der Waals surface area (Å²) in [5.74, 6) is -4.00. The minimum Gasteiger partial charge on any atom is -0.478 e. The molecule has 0 fully saturated rings. The van der Waals surface area contributed by atoms with E-state index < -0.39 is 23.8 Å². The second-order valence-corrected chi connectivity index (χ2v) is 7.28. The molecule has 32 heavy (non-hydrogen) atoms. The van der Waals surface area contributed by atoms with E-state index in [2.05, 4.69) is 5.32 Å². The number of benzene rings is 2. The average molecular weight is 433 g/mol. The number of rotatable bonds is 7. The molecule has 1 atom stereocenters. The molecule has 1 aliphatic rings. The maximum Gasteiger partial charge on any atom is 0.337 e. The fourth-order valence-corrected chi connectivity index (χ4v) is 3.68. The van der Waals surface area contributed by atoms with Crippen molar-refractivity contribution in [3.8, 4) is 0 Å². The van der Waals surface area contributed by atoms with Crippen LogP contribution in [-0.2, 0) is 14.3 Å². The Hall–Kier alpha value is -4.13. The summed E-state index contributed by atoms with van der Waals surface area (Å²) in [6.07, 6.45) is 3.51. The van der Waals surface area contributed by atoms with Gasteiger partial charge >= 0.3 is 17.9 Å². The molecule has 0 saturated heterocycles. The van der Waals surface area contributed by atoms with Gasteiger partial charge in [0.15, 0.2) is 0 Å². The Balaban J connectivity index is 1.92. The molecular weight excluding hydrogens is 410 g/mol. The molecule has 0 saturated carbocycles. The Bertz CT molecular complexity index is 1140. The van der Waals surface area contributed by atoms with Crippen LogP contribution in [0.25, 0.3) is 6.08 Å². The van der Waals surface area contributed by atoms with Gasteiger partial charge in [-0.3, -0.25) is 0 Å². The number of ether oxygens (including phenoxy) is 1. The quantitative estimate of drug-likeness (QED) is 0.567. The summed E-state index contributed by atoms with van der Waals surface area (Å²) in [4.78, 5) is 36.5. The van der Waals surface area contributed by atoms with Crippen LogP contribution in [0, 0.1) is 0 Å². The van der Waals surface area contributed by atoms with Crippen molar-refractivity contribution in [3.63, 3.8) is 0 Å². The zero-order valence-electron chi connectivity index (χ0n) is 17.7. The number of hydrogen-bond donors (Lipinski definition) is 3. The van der Waals surface area contributed by atoms with Crippen molar-refractivity contribution in [3.05, 3.63) is 99.9 Å². The number of esters is 1. The molecule has 7 nitrogen and oxygen atoms in total. The van der Waals surface area contributed by atoms with Crippen molar-refractivity contribution >= 4 is 24.0 Å². The van der Waals surface area contributed by atoms with Gasteiger partial charge in [-0.2, -0.15) is 0 Å². The standard InChI is InChI=1S/C25H23NO6/c1-15-20(24(29)30)22(18-11-6-12-19(14-18)23(27)28)21(16(2)26-15)25(31)32-13-7-10-17-8-4-3-5-9-17/h3-12,14,22,26H,13H2,1-2H3,(H,27,28)(H,29,30)/b10-7+. The van der Waals surface area contributed by atoms with E-state index in [9.17, 15) is 24.6 Å². The molecule has 2 aromatic rings. The van der Waals surface area contributed by atoms with Crippen LogP contribution in [0.15, 0.2) is 83.2 Å². The second-order valence-electron chi connectivity index (χ2n) is 7.28. The van der Waals surface area contributed by atoms with E-state index in [1.807, 2.05) is 36.4 Å². The third kappa shape index (κ3) is 4.95. The van der Waals surface area contributed by atoms with Crippen LogP contribution in [0.4, 0.5) is 0 Å². The summed E-state index contributed by atoms with van der Waals surface area (Å²) in [6, 6.07) is 15.4. The molecule has 0 amide bonds. The first-order chi connectivity index (χ1) is 15.3. The summed E-state index contributed by atoms with van der Waals surface area (Å²) < 4.78 is 5.41. The highest BCUT2D eigenvalue weighted by molar-refractivity contribution is 5.99. The third-order valence-corrected chi connectivity index (χ3v) is 5.10. The van der Waals surface area contributed by atoms with E-state index in [1.165, 1.54) is 18.2 Å². The lowest BCUT2D eigenvalue weighted by molar-refractivity contribution is -0.138. The molecule has 3 N–H and O–H groups in total. The van der Waals surface area contributed by atoms with E-state index in [0.29, 0.717) is 17.0 Å². The van der Waals surface area contributed by atoms with Gasteiger partial charge in [0.05, 0.1) is 22.6 Å². The van der Waals surface area contributed by atoms with Crippen LogP contribution in [0.1, 0.15) is 41.3 Å². The lowest BCUT2D eigenvalue weighted by Crippen LogP contribution is -2.32. The maximum atomic E-state index is 13.0. The molecule has 2 aromatic carbocycles. The topological polar surface area (TPSA) is 113 Å². The third-order valence-electron chi connectivity index (χ3n) is 5.10. The van der Waals surface area contributed by atoms with E-state index in [4.69, 9.17) is 4.74 Å². The number of aliphatic carboxylic acids is 1. The highest BCUT2D eigenvalue weighted by Gasteiger charge is 2.37. The molecule has 1 unspecified atom stereocenters. The zero-order chi connectivity index (χ0) is 23.3. The molecule has 1 aliphatic heterocycles. The SMILES string of the molecule is CC1=C(C(=O)O)C(c2cccc(C(=O)O)c2)C(C(=O)OC/C=C/c2ccccc2)=C(C)N1. The Morgan fingerprint density at radius 3 is 2.28 bits per heavy atom. The van der Waals surface area contributed by atoms with Gasteiger partial charge in [0.25, 0.3) is 0 Å². The maximum absolute atomic E-state index is 13.0. The van der Waals surface area contributed by atoms with Crippen molar-refractivity contribution in [2.75, 3.05) is 6.61 Å². The summed E-state index contributed by atoms with van der Waals surface area (Å²) in [5, 5.41) is 22.1. The van der Waals surface area contributed by atoms with Crippen LogP contribution >= 0.6 is 0 Å². The van der Waals surface area contributed by atoms with Crippen LogP contribution < -0.4 is 5.32 Å². The van der Waals surface area contributed by atoms with Crippen molar-refractivity contribution in [2.45, 2.75) is 19.8 Å². The first-order valence-electron chi connectivity index (χ1n) is 9.93. The summed E-state index contributed by atoms with van der Waals surface area (Å²) in [6.45, 7) is 3.26. The monoisotopic (exact) mass is 433 g/mol. The van der Waals surface area contributed by atoms with Gasteiger partial charge in [-0.1, -0.05) is 48.5 Å². The van der Waals surface area contributed by atoms with Gasteiger partial charge in [-0.05, 0) is 43.2 Å². The zero-order valence-corrected chi connectivity index (χ0v) is 17.7. The first-order valence-corrected chi connectivity index (χ1v) is 9.93. The summed E-state index contributed by atoms with van der Waals surface area (Å²) in [5.41, 5.74) is 2.26. The summed E-state index contributed by atoms with van der Waals surface area (Å²) >= 11 is 0. The first kappa shape index (κ1) is 22.6. The minimum atomic E-state index is -1.21. The number of carbonyl (C=O) groups excluding carboxylic acids is 1. The van der Waals surface area contributed by atoms with Gasteiger partial charge < -0.3 is 20.3 Å². The number of carboxylic acid groups (broad SMARTS) is 2. The van der Waals surface area contributed by atoms with E-state index in [-0.39, 0.29) is 23.3 Å². The molecule has 1 heterocycles. The fraction of sp³-hybridized carbons (Fsp3) is 0.160. The molecule has 3 rings (SSSR count). The van der Waals surface area contributed by atoms with Crippen molar-refractivity contribution < 1.29 is 29.3 Å². The molecule has 0 aromatic heterocycles. The van der Waals surface area contributed by atoms with Crippen LogP contribution in [0.5, 0.6) is 0 Å². The lowest BCUT2D eigenvalue weighted by Gasteiger charge is -2.29. The average Bonchev–Trinajstić information content (AvgIpc) is 2.76. The number of carboxylic acids is 2. The van der Waals surface area contributed by atoms with E-state index in [1.54, 1.807) is 26.0 Å². The Morgan fingerprint density at radius 1 is 0.938 bits per heavy atom.